The van der Waals surface area contributed by atoms with Gasteiger partial charge < -0.3 is 4.90 Å². The smallest absolute Gasteiger partial charge is 0.267 e. The van der Waals surface area contributed by atoms with Crippen LogP contribution < -0.4 is 10.5 Å². The summed E-state index contributed by atoms with van der Waals surface area (Å²) in [7, 11) is 1.76. The molecular formula is C24H21N3O2S2. The maximum absolute atomic E-state index is 13.6. The van der Waals surface area contributed by atoms with Gasteiger partial charge in [-0.1, -0.05) is 48.2 Å². The molecule has 0 radical (unpaired) electrons. The second-order valence-electron chi connectivity index (χ2n) is 7.59. The number of amides is 1. The Labute approximate surface area is 188 Å². The van der Waals surface area contributed by atoms with Crippen molar-refractivity contribution in [1.82, 2.24) is 9.55 Å². The monoisotopic (exact) mass is 447 g/mol. The third kappa shape index (κ3) is 3.91. The SMILES string of the molecule is CN(C(=O)CSc1nc2scc(C3CC3)c2c(=O)n1-c1ccccc1)c1ccccc1. The fourth-order valence-corrected chi connectivity index (χ4v) is 5.60. The van der Waals surface area contributed by atoms with Crippen LogP contribution in [-0.4, -0.2) is 28.3 Å². The molecule has 5 nitrogen and oxygen atoms in total. The quantitative estimate of drug-likeness (QED) is 0.306. The van der Waals surface area contributed by atoms with Gasteiger partial charge in [0, 0.05) is 12.7 Å². The summed E-state index contributed by atoms with van der Waals surface area (Å²) in [6.07, 6.45) is 2.26. The molecule has 1 aliphatic carbocycles. The normalized spacial score (nSPS) is 13.5. The molecule has 4 aromatic rings. The summed E-state index contributed by atoms with van der Waals surface area (Å²) < 4.78 is 1.65. The topological polar surface area (TPSA) is 55.2 Å². The number of hydrogen-bond donors (Lipinski definition) is 0. The van der Waals surface area contributed by atoms with Gasteiger partial charge in [-0.2, -0.15) is 0 Å². The summed E-state index contributed by atoms with van der Waals surface area (Å²) in [6, 6.07) is 19.1. The van der Waals surface area contributed by atoms with Crippen molar-refractivity contribution in [3.8, 4) is 5.69 Å². The number of nitrogens with zero attached hydrogens (tertiary/aromatic N) is 3. The molecule has 7 heteroatoms. The minimum Gasteiger partial charge on any atom is -0.315 e. The number of carbonyl (C=O) groups excluding carboxylic acids is 1. The molecule has 0 bridgehead atoms. The molecule has 0 spiro atoms. The molecule has 1 aliphatic rings. The van der Waals surface area contributed by atoms with Gasteiger partial charge in [0.25, 0.3) is 5.56 Å². The van der Waals surface area contributed by atoms with Gasteiger partial charge in [-0.3, -0.25) is 14.2 Å². The molecule has 0 aliphatic heterocycles. The minimum atomic E-state index is -0.0503. The Balaban J connectivity index is 1.52. The number of aromatic nitrogens is 2. The molecule has 1 amide bonds. The van der Waals surface area contributed by atoms with Gasteiger partial charge in [0.15, 0.2) is 5.16 Å². The second kappa shape index (κ2) is 8.32. The summed E-state index contributed by atoms with van der Waals surface area (Å²) in [4.78, 5) is 33.6. The van der Waals surface area contributed by atoms with Crippen molar-refractivity contribution in [2.75, 3.05) is 17.7 Å². The molecular weight excluding hydrogens is 426 g/mol. The molecule has 0 N–H and O–H groups in total. The maximum Gasteiger partial charge on any atom is 0.267 e. The zero-order valence-corrected chi connectivity index (χ0v) is 18.7. The van der Waals surface area contributed by atoms with Crippen molar-refractivity contribution >= 4 is 44.9 Å². The number of thioether (sulfide) groups is 1. The van der Waals surface area contributed by atoms with Crippen LogP contribution in [0.2, 0.25) is 0 Å². The standard InChI is InChI=1S/C24H21N3O2S2/c1-26(17-8-4-2-5-9-17)20(28)15-31-24-25-22-21(19(14-30-22)16-12-13-16)23(29)27(24)18-10-6-3-7-11-18/h2-11,14,16H,12-13,15H2,1H3. The zero-order chi connectivity index (χ0) is 21.4. The van der Waals surface area contributed by atoms with Gasteiger partial charge in [0.2, 0.25) is 5.91 Å². The van der Waals surface area contributed by atoms with E-state index >= 15 is 0 Å². The molecule has 1 fully saturated rings. The first kappa shape index (κ1) is 20.0. The summed E-state index contributed by atoms with van der Waals surface area (Å²) >= 11 is 2.82. The highest BCUT2D eigenvalue weighted by Gasteiger charge is 2.29. The van der Waals surface area contributed by atoms with Crippen molar-refractivity contribution in [2.45, 2.75) is 23.9 Å². The van der Waals surface area contributed by atoms with Crippen LogP contribution in [-0.2, 0) is 4.79 Å². The minimum absolute atomic E-state index is 0.0463. The first-order valence-corrected chi connectivity index (χ1v) is 12.0. The van der Waals surface area contributed by atoms with Crippen LogP contribution in [0.1, 0.15) is 24.3 Å². The Hall–Kier alpha value is -2.90. The highest BCUT2D eigenvalue weighted by atomic mass is 32.2. The fraction of sp³-hybridized carbons (Fsp3) is 0.208. The molecule has 0 unspecified atom stereocenters. The summed E-state index contributed by atoms with van der Waals surface area (Å²) in [5.41, 5.74) is 2.68. The van der Waals surface area contributed by atoms with E-state index in [0.29, 0.717) is 11.1 Å². The first-order chi connectivity index (χ1) is 15.1. The van der Waals surface area contributed by atoms with E-state index in [-0.39, 0.29) is 17.2 Å². The van der Waals surface area contributed by atoms with E-state index in [9.17, 15) is 9.59 Å². The summed E-state index contributed by atoms with van der Waals surface area (Å²) in [5.74, 6) is 0.624. The van der Waals surface area contributed by atoms with E-state index in [4.69, 9.17) is 4.98 Å². The van der Waals surface area contributed by atoms with E-state index in [1.165, 1.54) is 23.1 Å². The van der Waals surface area contributed by atoms with Crippen LogP contribution in [0.25, 0.3) is 15.9 Å². The van der Waals surface area contributed by atoms with E-state index in [2.05, 4.69) is 5.38 Å². The highest BCUT2D eigenvalue weighted by molar-refractivity contribution is 7.99. The number of thiophene rings is 1. The molecule has 0 atom stereocenters. The van der Waals surface area contributed by atoms with Gasteiger partial charge >= 0.3 is 0 Å². The number of fused-ring (bicyclic) bond motifs is 1. The largest absolute Gasteiger partial charge is 0.315 e. The predicted molar refractivity (Wildman–Crippen MR) is 128 cm³/mol. The molecule has 1 saturated carbocycles. The van der Waals surface area contributed by atoms with Gasteiger partial charge in [-0.05, 0) is 54.0 Å². The number of para-hydroxylation sites is 2. The number of anilines is 1. The van der Waals surface area contributed by atoms with Crippen LogP contribution in [0.3, 0.4) is 0 Å². The van der Waals surface area contributed by atoms with Crippen LogP contribution in [0.15, 0.2) is 76.0 Å². The van der Waals surface area contributed by atoms with Crippen LogP contribution in [0.5, 0.6) is 0 Å². The van der Waals surface area contributed by atoms with Crippen molar-refractivity contribution < 1.29 is 4.79 Å². The zero-order valence-electron chi connectivity index (χ0n) is 17.0. The lowest BCUT2D eigenvalue weighted by Gasteiger charge is -2.17. The van der Waals surface area contributed by atoms with Crippen LogP contribution >= 0.6 is 23.1 Å². The Morgan fingerprint density at radius 1 is 1.13 bits per heavy atom. The van der Waals surface area contributed by atoms with Crippen LogP contribution in [0, 0.1) is 0 Å². The average Bonchev–Trinajstić information content (AvgIpc) is 3.57. The Morgan fingerprint density at radius 3 is 2.48 bits per heavy atom. The Morgan fingerprint density at radius 2 is 1.81 bits per heavy atom. The molecule has 5 rings (SSSR count). The van der Waals surface area contributed by atoms with Gasteiger partial charge in [-0.25, -0.2) is 4.98 Å². The lowest BCUT2D eigenvalue weighted by molar-refractivity contribution is -0.115. The molecule has 2 heterocycles. The van der Waals surface area contributed by atoms with Crippen molar-refractivity contribution in [2.24, 2.45) is 0 Å². The third-order valence-electron chi connectivity index (χ3n) is 5.48. The van der Waals surface area contributed by atoms with E-state index in [1.54, 1.807) is 16.5 Å². The summed E-state index contributed by atoms with van der Waals surface area (Å²) in [5, 5.41) is 3.35. The lowest BCUT2D eigenvalue weighted by Crippen LogP contribution is -2.28. The van der Waals surface area contributed by atoms with E-state index < -0.39 is 0 Å². The second-order valence-corrected chi connectivity index (χ2v) is 9.39. The Bertz CT molecular complexity index is 1300. The summed E-state index contributed by atoms with van der Waals surface area (Å²) in [6.45, 7) is 0. The first-order valence-electron chi connectivity index (χ1n) is 10.2. The van der Waals surface area contributed by atoms with E-state index in [0.717, 1.165) is 40.0 Å². The van der Waals surface area contributed by atoms with Gasteiger partial charge in [0.1, 0.15) is 4.83 Å². The average molecular weight is 448 g/mol. The van der Waals surface area contributed by atoms with Gasteiger partial charge in [-0.15, -0.1) is 11.3 Å². The number of rotatable bonds is 6. The fourth-order valence-electron chi connectivity index (χ4n) is 3.61. The van der Waals surface area contributed by atoms with Crippen molar-refractivity contribution in [3.05, 3.63) is 82.0 Å². The van der Waals surface area contributed by atoms with E-state index in [1.807, 2.05) is 60.7 Å². The number of hydrogen-bond acceptors (Lipinski definition) is 5. The predicted octanol–water partition coefficient (Wildman–Crippen LogP) is 5.08. The van der Waals surface area contributed by atoms with Crippen LogP contribution in [0.4, 0.5) is 5.69 Å². The van der Waals surface area contributed by atoms with Crippen molar-refractivity contribution in [1.29, 1.82) is 0 Å². The van der Waals surface area contributed by atoms with Gasteiger partial charge in [0.05, 0.1) is 16.8 Å². The molecule has 156 valence electrons. The highest BCUT2D eigenvalue weighted by Crippen LogP contribution is 2.44. The number of benzene rings is 2. The maximum atomic E-state index is 13.6. The lowest BCUT2D eigenvalue weighted by atomic mass is 10.1. The molecule has 31 heavy (non-hydrogen) atoms. The number of carbonyl (C=O) groups is 1. The molecule has 2 aromatic carbocycles. The third-order valence-corrected chi connectivity index (χ3v) is 7.29. The molecule has 0 saturated heterocycles. The van der Waals surface area contributed by atoms with Crippen molar-refractivity contribution in [3.63, 3.8) is 0 Å². The Kier molecular flexibility index (Phi) is 5.38. The molecule has 2 aromatic heterocycles.